The number of pyridine rings is 1. The van der Waals surface area contributed by atoms with Gasteiger partial charge in [-0.2, -0.15) is 0 Å². The van der Waals surface area contributed by atoms with Crippen molar-refractivity contribution in [1.82, 2.24) is 15.3 Å². The van der Waals surface area contributed by atoms with Crippen LogP contribution in [0.4, 0.5) is 5.69 Å². The Morgan fingerprint density at radius 1 is 1.18 bits per heavy atom. The van der Waals surface area contributed by atoms with E-state index in [0.717, 1.165) is 22.5 Å². The SMILES string of the molecule is Nc1ccc(C[C@H](NC(=O)[CH]Cc2ccncc2)c2csc(C3CC3)n2)cc1. The molecule has 1 aliphatic rings. The van der Waals surface area contributed by atoms with E-state index < -0.39 is 0 Å². The van der Waals surface area contributed by atoms with E-state index in [-0.39, 0.29) is 11.9 Å². The molecule has 1 aromatic carbocycles. The molecule has 3 N–H and O–H groups in total. The topological polar surface area (TPSA) is 80.9 Å². The molecular formula is C22H23N4OS. The molecule has 2 heterocycles. The second-order valence-electron chi connectivity index (χ2n) is 7.16. The highest BCUT2D eigenvalue weighted by Crippen LogP contribution is 2.42. The number of hydrogen-bond donors (Lipinski definition) is 2. The Hall–Kier alpha value is -2.73. The van der Waals surface area contributed by atoms with Crippen molar-refractivity contribution in [2.24, 2.45) is 0 Å². The Bertz CT molecular complexity index is 919. The minimum absolute atomic E-state index is 0.0850. The number of nitrogens with two attached hydrogens (primary N) is 1. The molecule has 1 radical (unpaired) electrons. The molecule has 1 atom stereocenters. The molecule has 5 nitrogen and oxygen atoms in total. The smallest absolute Gasteiger partial charge is 0.224 e. The van der Waals surface area contributed by atoms with Gasteiger partial charge in [-0.05, 0) is 61.1 Å². The van der Waals surface area contributed by atoms with Gasteiger partial charge in [0.15, 0.2) is 0 Å². The van der Waals surface area contributed by atoms with Crippen molar-refractivity contribution in [3.8, 4) is 0 Å². The van der Waals surface area contributed by atoms with Gasteiger partial charge in [-0.25, -0.2) is 4.98 Å². The fraction of sp³-hybridized carbons (Fsp3) is 0.273. The van der Waals surface area contributed by atoms with E-state index in [0.29, 0.717) is 18.8 Å². The summed E-state index contributed by atoms with van der Waals surface area (Å²) in [6.07, 6.45) is 8.86. The molecule has 4 rings (SSSR count). The first-order valence-electron chi connectivity index (χ1n) is 9.50. The molecule has 1 fully saturated rings. The Labute approximate surface area is 169 Å². The number of benzene rings is 1. The number of carbonyl (C=O) groups is 1. The van der Waals surface area contributed by atoms with Crippen LogP contribution in [0, 0.1) is 6.42 Å². The molecule has 1 saturated carbocycles. The molecule has 1 aliphatic carbocycles. The summed E-state index contributed by atoms with van der Waals surface area (Å²) in [5.41, 5.74) is 9.65. The van der Waals surface area contributed by atoms with Crippen LogP contribution < -0.4 is 11.1 Å². The maximum Gasteiger partial charge on any atom is 0.224 e. The van der Waals surface area contributed by atoms with Crippen molar-refractivity contribution >= 4 is 22.9 Å². The third kappa shape index (κ3) is 4.95. The number of nitrogen functional groups attached to an aromatic ring is 1. The van der Waals surface area contributed by atoms with Crippen LogP contribution in [-0.4, -0.2) is 15.9 Å². The maximum atomic E-state index is 12.6. The number of amides is 1. The molecule has 0 aliphatic heterocycles. The highest BCUT2D eigenvalue weighted by Gasteiger charge is 2.28. The average Bonchev–Trinajstić information content (AvgIpc) is 3.45. The normalized spacial score (nSPS) is 14.6. The second-order valence-corrected chi connectivity index (χ2v) is 8.05. The summed E-state index contributed by atoms with van der Waals surface area (Å²) in [7, 11) is 0. The molecule has 28 heavy (non-hydrogen) atoms. The molecule has 6 heteroatoms. The van der Waals surface area contributed by atoms with Crippen molar-refractivity contribution in [3.05, 3.63) is 82.4 Å². The summed E-state index contributed by atoms with van der Waals surface area (Å²) in [6, 6.07) is 11.5. The molecule has 1 amide bonds. The molecule has 0 bridgehead atoms. The third-order valence-corrected chi connectivity index (χ3v) is 5.86. The van der Waals surface area contributed by atoms with Crippen LogP contribution in [0.3, 0.4) is 0 Å². The highest BCUT2D eigenvalue weighted by atomic mass is 32.1. The number of nitrogens with zero attached hydrogens (tertiary/aromatic N) is 2. The molecule has 2 aromatic heterocycles. The zero-order valence-corrected chi connectivity index (χ0v) is 16.4. The minimum Gasteiger partial charge on any atom is -0.399 e. The van der Waals surface area contributed by atoms with Crippen LogP contribution in [0.1, 0.15) is 46.6 Å². The first kappa shape index (κ1) is 18.6. The van der Waals surface area contributed by atoms with Crippen LogP contribution >= 0.6 is 11.3 Å². The Balaban J connectivity index is 1.45. The lowest BCUT2D eigenvalue weighted by atomic mass is 10.0. The number of carbonyl (C=O) groups excluding carboxylic acids is 1. The lowest BCUT2D eigenvalue weighted by molar-refractivity contribution is -0.118. The third-order valence-electron chi connectivity index (χ3n) is 4.83. The predicted molar refractivity (Wildman–Crippen MR) is 112 cm³/mol. The summed E-state index contributed by atoms with van der Waals surface area (Å²) in [5.74, 6) is 0.531. The van der Waals surface area contributed by atoms with Gasteiger partial charge in [0.25, 0.3) is 0 Å². The van der Waals surface area contributed by atoms with Crippen LogP contribution in [0.2, 0.25) is 0 Å². The van der Waals surface area contributed by atoms with E-state index in [9.17, 15) is 4.79 Å². The van der Waals surface area contributed by atoms with Gasteiger partial charge in [0.05, 0.1) is 23.2 Å². The molecule has 0 spiro atoms. The van der Waals surface area contributed by atoms with Crippen LogP contribution in [0.25, 0.3) is 0 Å². The number of thiazole rings is 1. The predicted octanol–water partition coefficient (Wildman–Crippen LogP) is 3.84. The molecule has 0 unspecified atom stereocenters. The van der Waals surface area contributed by atoms with Gasteiger partial charge in [-0.1, -0.05) is 12.1 Å². The van der Waals surface area contributed by atoms with Crippen molar-refractivity contribution in [2.75, 3.05) is 5.73 Å². The van der Waals surface area contributed by atoms with Crippen molar-refractivity contribution in [3.63, 3.8) is 0 Å². The van der Waals surface area contributed by atoms with Gasteiger partial charge in [0.2, 0.25) is 5.91 Å². The standard InChI is InChI=1S/C22H23N4OS/c23-18-6-1-16(2-7-18)13-19(20-14-28-22(26-20)17-4-5-17)25-21(27)8-3-15-9-11-24-12-10-15/h1-2,6-12,14,17,19H,3-5,13,23H2,(H,25,27)/t19-/m0/s1. The number of aromatic nitrogens is 2. The lowest BCUT2D eigenvalue weighted by Gasteiger charge is -2.17. The number of rotatable bonds is 8. The second kappa shape index (κ2) is 8.52. The lowest BCUT2D eigenvalue weighted by Crippen LogP contribution is -2.30. The summed E-state index contributed by atoms with van der Waals surface area (Å²) < 4.78 is 0. The highest BCUT2D eigenvalue weighted by molar-refractivity contribution is 7.09. The van der Waals surface area contributed by atoms with Crippen LogP contribution in [0.5, 0.6) is 0 Å². The Kier molecular flexibility index (Phi) is 5.67. The largest absolute Gasteiger partial charge is 0.399 e. The average molecular weight is 392 g/mol. The van der Waals surface area contributed by atoms with Crippen LogP contribution in [-0.2, 0) is 17.6 Å². The Morgan fingerprint density at radius 3 is 2.64 bits per heavy atom. The Morgan fingerprint density at radius 2 is 1.93 bits per heavy atom. The zero-order valence-electron chi connectivity index (χ0n) is 15.5. The van der Waals surface area contributed by atoms with Crippen LogP contribution in [0.15, 0.2) is 54.2 Å². The van der Waals surface area contributed by atoms with E-state index in [4.69, 9.17) is 10.7 Å². The zero-order chi connectivity index (χ0) is 19.3. The van der Waals surface area contributed by atoms with Crippen molar-refractivity contribution < 1.29 is 4.79 Å². The first-order chi connectivity index (χ1) is 13.7. The molecule has 143 valence electrons. The van der Waals surface area contributed by atoms with Gasteiger partial charge in [0, 0.05) is 29.4 Å². The number of nitrogens with one attached hydrogen (secondary N) is 1. The summed E-state index contributed by atoms with van der Waals surface area (Å²) >= 11 is 1.70. The van der Waals surface area contributed by atoms with E-state index in [1.807, 2.05) is 36.4 Å². The van der Waals surface area contributed by atoms with Crippen molar-refractivity contribution in [2.45, 2.75) is 37.6 Å². The molecule has 0 saturated heterocycles. The first-order valence-corrected chi connectivity index (χ1v) is 10.4. The van der Waals surface area contributed by atoms with Crippen molar-refractivity contribution in [1.29, 1.82) is 0 Å². The fourth-order valence-corrected chi connectivity index (χ4v) is 4.10. The summed E-state index contributed by atoms with van der Waals surface area (Å²) in [4.78, 5) is 21.4. The van der Waals surface area contributed by atoms with Gasteiger partial charge in [-0.15, -0.1) is 11.3 Å². The monoisotopic (exact) mass is 391 g/mol. The molecular weight excluding hydrogens is 368 g/mol. The number of anilines is 1. The fourth-order valence-electron chi connectivity index (χ4n) is 3.06. The number of hydrogen-bond acceptors (Lipinski definition) is 5. The molecule has 3 aromatic rings. The van der Waals surface area contributed by atoms with E-state index >= 15 is 0 Å². The summed E-state index contributed by atoms with van der Waals surface area (Å²) in [6.45, 7) is 0. The minimum atomic E-state index is -0.159. The van der Waals surface area contributed by atoms with Gasteiger partial charge >= 0.3 is 0 Å². The van der Waals surface area contributed by atoms with E-state index in [1.54, 1.807) is 30.2 Å². The quantitative estimate of drug-likeness (QED) is 0.572. The van der Waals surface area contributed by atoms with E-state index in [1.165, 1.54) is 17.8 Å². The summed E-state index contributed by atoms with van der Waals surface area (Å²) in [5, 5.41) is 6.41. The maximum absolute atomic E-state index is 12.6. The van der Waals surface area contributed by atoms with E-state index in [2.05, 4.69) is 15.7 Å². The van der Waals surface area contributed by atoms with Gasteiger partial charge in [-0.3, -0.25) is 9.78 Å². The van der Waals surface area contributed by atoms with Gasteiger partial charge in [0.1, 0.15) is 0 Å². The van der Waals surface area contributed by atoms with Gasteiger partial charge < -0.3 is 11.1 Å².